The van der Waals surface area contributed by atoms with Gasteiger partial charge in [0.15, 0.2) is 11.5 Å². The molecule has 0 saturated heterocycles. The van der Waals surface area contributed by atoms with Crippen LogP contribution in [-0.2, 0) is 24.5 Å². The smallest absolute Gasteiger partial charge is 0.277 e. The van der Waals surface area contributed by atoms with Crippen LogP contribution < -0.4 is 20.3 Å². The van der Waals surface area contributed by atoms with Crippen LogP contribution >= 0.6 is 0 Å². The number of hydrogen-bond acceptors (Lipinski definition) is 6. The molecule has 2 aromatic carbocycles. The Balaban J connectivity index is 1.58. The molecule has 34 heavy (non-hydrogen) atoms. The Bertz CT molecular complexity index is 1400. The second kappa shape index (κ2) is 9.75. The molecular weight excluding hydrogens is 443 g/mol. The van der Waals surface area contributed by atoms with Gasteiger partial charge in [0.2, 0.25) is 5.91 Å². The van der Waals surface area contributed by atoms with Gasteiger partial charge in [-0.2, -0.15) is 5.10 Å². The van der Waals surface area contributed by atoms with E-state index in [1.165, 1.54) is 60.0 Å². The van der Waals surface area contributed by atoms with E-state index in [2.05, 4.69) is 10.4 Å². The molecule has 1 amide bonds. The maximum atomic E-state index is 13.3. The van der Waals surface area contributed by atoms with Crippen molar-refractivity contribution < 1.29 is 23.8 Å². The van der Waals surface area contributed by atoms with E-state index in [1.807, 2.05) is 0 Å². The van der Waals surface area contributed by atoms with Crippen LogP contribution in [0.3, 0.4) is 0 Å². The predicted molar refractivity (Wildman–Crippen MR) is 122 cm³/mol. The first-order chi connectivity index (χ1) is 16.5. The number of nitrogens with one attached hydrogen (secondary N) is 1. The van der Waals surface area contributed by atoms with Gasteiger partial charge >= 0.3 is 0 Å². The van der Waals surface area contributed by atoms with Gasteiger partial charge in [-0.05, 0) is 30.3 Å². The summed E-state index contributed by atoms with van der Waals surface area (Å²) >= 11 is 0. The number of nitrogens with zero attached hydrogens (tertiary/aromatic N) is 3. The van der Waals surface area contributed by atoms with E-state index in [0.29, 0.717) is 28.3 Å². The minimum absolute atomic E-state index is 0.145. The zero-order chi connectivity index (χ0) is 24.2. The fourth-order valence-corrected chi connectivity index (χ4v) is 3.76. The third-order valence-corrected chi connectivity index (χ3v) is 5.41. The molecule has 0 aliphatic rings. The van der Waals surface area contributed by atoms with Crippen molar-refractivity contribution in [3.63, 3.8) is 0 Å². The number of fused-ring (bicyclic) bond motifs is 1. The minimum atomic E-state index is -0.485. The molecule has 0 atom stereocenters. The highest BCUT2D eigenvalue weighted by Gasteiger charge is 2.19. The van der Waals surface area contributed by atoms with Crippen molar-refractivity contribution in [3.05, 3.63) is 82.2 Å². The lowest BCUT2D eigenvalue weighted by Crippen LogP contribution is -2.32. The average Bonchev–Trinajstić information content (AvgIpc) is 3.24. The van der Waals surface area contributed by atoms with Crippen molar-refractivity contribution in [2.45, 2.75) is 19.7 Å². The predicted octanol–water partition coefficient (Wildman–Crippen LogP) is 2.13. The molecule has 0 unspecified atom stereocenters. The number of rotatable bonds is 8. The summed E-state index contributed by atoms with van der Waals surface area (Å²) in [6, 6.07) is 10.9. The molecule has 0 aliphatic heterocycles. The third-order valence-electron chi connectivity index (χ3n) is 5.41. The van der Waals surface area contributed by atoms with Gasteiger partial charge in [0.1, 0.15) is 17.9 Å². The normalized spacial score (nSPS) is 10.9. The first kappa shape index (κ1) is 23.0. The summed E-state index contributed by atoms with van der Waals surface area (Å²) in [5.41, 5.74) is 1.61. The van der Waals surface area contributed by atoms with Crippen molar-refractivity contribution >= 4 is 11.4 Å². The van der Waals surface area contributed by atoms with E-state index in [1.54, 1.807) is 18.2 Å². The number of aliphatic hydroxyl groups is 1. The molecule has 2 heterocycles. The maximum absolute atomic E-state index is 13.3. The number of para-hydroxylation sites is 1. The van der Waals surface area contributed by atoms with E-state index in [9.17, 15) is 19.1 Å². The Labute approximate surface area is 194 Å². The lowest BCUT2D eigenvalue weighted by atomic mass is 10.1. The van der Waals surface area contributed by atoms with E-state index in [-0.39, 0.29) is 24.5 Å². The Hall–Kier alpha value is -4.18. The number of aromatic nitrogens is 3. The highest BCUT2D eigenvalue weighted by Crippen LogP contribution is 2.30. The number of methoxy groups -OCH3 is 2. The largest absolute Gasteiger partial charge is 0.493 e. The maximum Gasteiger partial charge on any atom is 0.277 e. The lowest BCUT2D eigenvalue weighted by molar-refractivity contribution is -0.121. The third kappa shape index (κ3) is 4.35. The molecule has 0 aliphatic carbocycles. The first-order valence-corrected chi connectivity index (χ1v) is 10.4. The Morgan fingerprint density at radius 2 is 1.88 bits per heavy atom. The van der Waals surface area contributed by atoms with Crippen molar-refractivity contribution in [3.8, 4) is 22.8 Å². The van der Waals surface area contributed by atoms with E-state index < -0.39 is 18.0 Å². The van der Waals surface area contributed by atoms with Crippen LogP contribution in [0.15, 0.2) is 59.7 Å². The molecule has 9 nitrogen and oxygen atoms in total. The summed E-state index contributed by atoms with van der Waals surface area (Å²) in [6.45, 7) is -0.500. The molecule has 0 radical (unpaired) electrons. The molecule has 176 valence electrons. The van der Waals surface area contributed by atoms with Crippen molar-refractivity contribution in [2.75, 3.05) is 14.2 Å². The topological polar surface area (TPSA) is 107 Å². The van der Waals surface area contributed by atoms with Gasteiger partial charge in [-0.15, -0.1) is 0 Å². The summed E-state index contributed by atoms with van der Waals surface area (Å²) in [5, 5.41) is 17.1. The average molecular weight is 466 g/mol. The molecule has 10 heteroatoms. The Kier molecular flexibility index (Phi) is 6.60. The second-order valence-corrected chi connectivity index (χ2v) is 7.45. The Morgan fingerprint density at radius 3 is 2.56 bits per heavy atom. The fraction of sp³-hybridized carbons (Fsp3) is 0.208. The number of carbonyl (C=O) groups excluding carboxylic acids is 1. The quantitative estimate of drug-likeness (QED) is 0.412. The number of aliphatic hydroxyl groups excluding tert-OH is 1. The molecule has 0 spiro atoms. The zero-order valence-corrected chi connectivity index (χ0v) is 18.6. The van der Waals surface area contributed by atoms with Crippen LogP contribution in [0.25, 0.3) is 16.8 Å². The van der Waals surface area contributed by atoms with E-state index in [0.717, 1.165) is 5.56 Å². The highest BCUT2D eigenvalue weighted by atomic mass is 19.1. The van der Waals surface area contributed by atoms with E-state index >= 15 is 0 Å². The SMILES string of the molecule is COc1cccc(CNC(=O)Cn2ccn3nc(-c4ccc(F)cc4)c(CO)c3c2=O)c1OC. The zero-order valence-electron chi connectivity index (χ0n) is 18.6. The molecule has 2 aromatic heterocycles. The molecule has 0 saturated carbocycles. The summed E-state index contributed by atoms with van der Waals surface area (Å²) in [6.07, 6.45) is 2.98. The van der Waals surface area contributed by atoms with Gasteiger partial charge in [0.05, 0.1) is 26.5 Å². The van der Waals surface area contributed by atoms with E-state index in [4.69, 9.17) is 9.47 Å². The van der Waals surface area contributed by atoms with Gasteiger partial charge in [-0.25, -0.2) is 8.91 Å². The summed E-state index contributed by atoms with van der Waals surface area (Å²) in [7, 11) is 3.05. The van der Waals surface area contributed by atoms with Gasteiger partial charge < -0.3 is 24.5 Å². The minimum Gasteiger partial charge on any atom is -0.493 e. The molecular formula is C24H23FN4O5. The number of benzene rings is 2. The number of hydrogen-bond donors (Lipinski definition) is 2. The fourth-order valence-electron chi connectivity index (χ4n) is 3.76. The first-order valence-electron chi connectivity index (χ1n) is 10.4. The van der Waals surface area contributed by atoms with Crippen LogP contribution in [0.5, 0.6) is 11.5 Å². The van der Waals surface area contributed by atoms with Crippen LogP contribution in [0.1, 0.15) is 11.1 Å². The summed E-state index contributed by atoms with van der Waals surface area (Å²) < 4.78 is 26.5. The van der Waals surface area contributed by atoms with Crippen LogP contribution in [-0.4, -0.2) is 39.4 Å². The second-order valence-electron chi connectivity index (χ2n) is 7.45. The Morgan fingerprint density at radius 1 is 1.12 bits per heavy atom. The van der Waals surface area contributed by atoms with Crippen LogP contribution in [0, 0.1) is 5.82 Å². The molecule has 0 fully saturated rings. The molecule has 4 aromatic rings. The number of ether oxygens (including phenoxy) is 2. The van der Waals surface area contributed by atoms with Gasteiger partial charge in [-0.3, -0.25) is 9.59 Å². The van der Waals surface area contributed by atoms with Crippen molar-refractivity contribution in [1.82, 2.24) is 19.5 Å². The number of amides is 1. The summed E-state index contributed by atoms with van der Waals surface area (Å²) in [5.74, 6) is 0.271. The number of carbonyl (C=O) groups is 1. The number of halogens is 1. The molecule has 2 N–H and O–H groups in total. The van der Waals surface area contributed by atoms with Crippen molar-refractivity contribution in [1.29, 1.82) is 0 Å². The van der Waals surface area contributed by atoms with Gasteiger partial charge in [-0.1, -0.05) is 12.1 Å². The monoisotopic (exact) mass is 466 g/mol. The molecule has 4 rings (SSSR count). The highest BCUT2D eigenvalue weighted by molar-refractivity contribution is 5.76. The van der Waals surface area contributed by atoms with Crippen molar-refractivity contribution in [2.24, 2.45) is 0 Å². The summed E-state index contributed by atoms with van der Waals surface area (Å²) in [4.78, 5) is 25.7. The van der Waals surface area contributed by atoms with Crippen LogP contribution in [0.2, 0.25) is 0 Å². The standard InChI is InChI=1S/C24H23FN4O5/c1-33-19-5-3-4-16(23(19)34-2)12-26-20(31)13-28-10-11-29-22(24(28)32)18(14-30)21(27-29)15-6-8-17(25)9-7-15/h3-11,30H,12-14H2,1-2H3,(H,26,31). The van der Waals surface area contributed by atoms with Gasteiger partial charge in [0.25, 0.3) is 5.56 Å². The lowest BCUT2D eigenvalue weighted by Gasteiger charge is -2.13. The molecule has 0 bridgehead atoms. The van der Waals surface area contributed by atoms with Gasteiger partial charge in [0, 0.05) is 35.6 Å². The van der Waals surface area contributed by atoms with Crippen LogP contribution in [0.4, 0.5) is 4.39 Å².